The molecule has 0 spiro atoms. The van der Waals surface area contributed by atoms with E-state index in [9.17, 15) is 4.79 Å². The molecule has 4 nitrogen and oxygen atoms in total. The lowest BCUT2D eigenvalue weighted by Gasteiger charge is -2.38. The molecule has 0 aromatic heterocycles. The van der Waals surface area contributed by atoms with Crippen LogP contribution in [0, 0.1) is 0 Å². The van der Waals surface area contributed by atoms with Gasteiger partial charge in [-0.2, -0.15) is 0 Å². The largest absolute Gasteiger partial charge is 0.339 e. The SMILES string of the molecule is CCN(C(=O)[C@H](C)N)C1CCN(Cc2ccccc2)CC1. The topological polar surface area (TPSA) is 49.6 Å². The quantitative estimate of drug-likeness (QED) is 0.900. The third kappa shape index (κ3) is 4.29. The zero-order valence-electron chi connectivity index (χ0n) is 13.2. The highest BCUT2D eigenvalue weighted by Crippen LogP contribution is 2.19. The smallest absolute Gasteiger partial charge is 0.239 e. The molecule has 1 fully saturated rings. The van der Waals surface area contributed by atoms with Crippen LogP contribution in [0.25, 0.3) is 0 Å². The zero-order chi connectivity index (χ0) is 15.2. The Kier molecular flexibility index (Phi) is 5.76. The van der Waals surface area contributed by atoms with Crippen molar-refractivity contribution in [1.29, 1.82) is 0 Å². The van der Waals surface area contributed by atoms with Gasteiger partial charge in [0.05, 0.1) is 6.04 Å². The van der Waals surface area contributed by atoms with Crippen molar-refractivity contribution in [2.75, 3.05) is 19.6 Å². The lowest BCUT2D eigenvalue weighted by molar-refractivity contribution is -0.135. The molecular weight excluding hydrogens is 262 g/mol. The fourth-order valence-corrected chi connectivity index (χ4v) is 3.09. The van der Waals surface area contributed by atoms with Crippen molar-refractivity contribution < 1.29 is 4.79 Å². The Morgan fingerprint density at radius 2 is 1.95 bits per heavy atom. The van der Waals surface area contributed by atoms with Crippen LogP contribution in [0.1, 0.15) is 32.3 Å². The molecule has 1 heterocycles. The van der Waals surface area contributed by atoms with Crippen LogP contribution in [-0.4, -0.2) is 47.4 Å². The van der Waals surface area contributed by atoms with Gasteiger partial charge in [0.1, 0.15) is 0 Å². The molecule has 1 aromatic rings. The highest BCUT2D eigenvalue weighted by atomic mass is 16.2. The van der Waals surface area contributed by atoms with Gasteiger partial charge in [0.25, 0.3) is 0 Å². The minimum Gasteiger partial charge on any atom is -0.339 e. The second-order valence-corrected chi connectivity index (χ2v) is 5.91. The first-order chi connectivity index (χ1) is 10.1. The van der Waals surface area contributed by atoms with E-state index in [4.69, 9.17) is 5.73 Å². The summed E-state index contributed by atoms with van der Waals surface area (Å²) in [6.45, 7) is 7.65. The number of nitrogens with zero attached hydrogens (tertiary/aromatic N) is 2. The molecule has 0 aliphatic carbocycles. The number of nitrogens with two attached hydrogens (primary N) is 1. The van der Waals surface area contributed by atoms with Crippen molar-refractivity contribution in [3.8, 4) is 0 Å². The summed E-state index contributed by atoms with van der Waals surface area (Å²) in [5, 5.41) is 0. The van der Waals surface area contributed by atoms with Crippen molar-refractivity contribution in [1.82, 2.24) is 9.80 Å². The van der Waals surface area contributed by atoms with E-state index < -0.39 is 6.04 Å². The lowest BCUT2D eigenvalue weighted by atomic mass is 10.0. The van der Waals surface area contributed by atoms with Gasteiger partial charge < -0.3 is 10.6 Å². The second kappa shape index (κ2) is 7.57. The van der Waals surface area contributed by atoms with Crippen LogP contribution in [0.3, 0.4) is 0 Å². The average molecular weight is 289 g/mol. The third-order valence-corrected chi connectivity index (χ3v) is 4.26. The molecule has 2 rings (SSSR count). The number of rotatable bonds is 5. The van der Waals surface area contributed by atoms with Crippen LogP contribution in [0.15, 0.2) is 30.3 Å². The first kappa shape index (κ1) is 16.0. The molecule has 2 N–H and O–H groups in total. The molecule has 0 unspecified atom stereocenters. The summed E-state index contributed by atoms with van der Waals surface area (Å²) in [7, 11) is 0. The van der Waals surface area contributed by atoms with Gasteiger partial charge in [-0.3, -0.25) is 9.69 Å². The number of carbonyl (C=O) groups excluding carboxylic acids is 1. The molecule has 1 aliphatic rings. The van der Waals surface area contributed by atoms with E-state index in [1.54, 1.807) is 6.92 Å². The van der Waals surface area contributed by atoms with Crippen molar-refractivity contribution in [3.05, 3.63) is 35.9 Å². The predicted molar refractivity (Wildman–Crippen MR) is 85.8 cm³/mol. The molecular formula is C17H27N3O. The molecule has 1 atom stereocenters. The van der Waals surface area contributed by atoms with Crippen molar-refractivity contribution in [2.45, 2.75) is 45.3 Å². The summed E-state index contributed by atoms with van der Waals surface area (Å²) < 4.78 is 0. The number of hydrogen-bond acceptors (Lipinski definition) is 3. The number of piperidine rings is 1. The molecule has 0 saturated carbocycles. The van der Waals surface area contributed by atoms with Gasteiger partial charge in [0, 0.05) is 32.2 Å². The van der Waals surface area contributed by atoms with Crippen molar-refractivity contribution in [2.24, 2.45) is 5.73 Å². The van der Waals surface area contributed by atoms with Crippen LogP contribution in [0.2, 0.25) is 0 Å². The molecule has 0 radical (unpaired) electrons. The second-order valence-electron chi connectivity index (χ2n) is 5.91. The molecule has 1 aromatic carbocycles. The summed E-state index contributed by atoms with van der Waals surface area (Å²) in [5.41, 5.74) is 7.10. The maximum Gasteiger partial charge on any atom is 0.239 e. The Bertz CT molecular complexity index is 439. The fraction of sp³-hybridized carbons (Fsp3) is 0.588. The highest BCUT2D eigenvalue weighted by molar-refractivity contribution is 5.81. The highest BCUT2D eigenvalue weighted by Gasteiger charge is 2.28. The van der Waals surface area contributed by atoms with E-state index >= 15 is 0 Å². The van der Waals surface area contributed by atoms with Crippen LogP contribution in [-0.2, 0) is 11.3 Å². The predicted octanol–water partition coefficient (Wildman–Crippen LogP) is 1.85. The molecule has 1 aliphatic heterocycles. The Morgan fingerprint density at radius 3 is 2.48 bits per heavy atom. The summed E-state index contributed by atoms with van der Waals surface area (Å²) in [6.07, 6.45) is 2.08. The Balaban J connectivity index is 1.86. The monoisotopic (exact) mass is 289 g/mol. The van der Waals surface area contributed by atoms with Gasteiger partial charge in [-0.1, -0.05) is 30.3 Å². The van der Waals surface area contributed by atoms with Gasteiger partial charge >= 0.3 is 0 Å². The zero-order valence-corrected chi connectivity index (χ0v) is 13.2. The maximum absolute atomic E-state index is 12.1. The van der Waals surface area contributed by atoms with Gasteiger partial charge in [0.2, 0.25) is 5.91 Å². The molecule has 1 saturated heterocycles. The van der Waals surface area contributed by atoms with E-state index in [1.165, 1.54) is 5.56 Å². The van der Waals surface area contributed by atoms with Crippen LogP contribution < -0.4 is 5.73 Å². The third-order valence-electron chi connectivity index (χ3n) is 4.26. The Labute approximate surface area is 127 Å². The number of carbonyl (C=O) groups is 1. The molecule has 21 heavy (non-hydrogen) atoms. The van der Waals surface area contributed by atoms with Crippen LogP contribution in [0.4, 0.5) is 0 Å². The van der Waals surface area contributed by atoms with Crippen molar-refractivity contribution >= 4 is 5.91 Å². The summed E-state index contributed by atoms with van der Waals surface area (Å²) in [4.78, 5) is 16.6. The van der Waals surface area contributed by atoms with E-state index in [0.29, 0.717) is 6.04 Å². The Morgan fingerprint density at radius 1 is 1.33 bits per heavy atom. The molecule has 4 heteroatoms. The number of benzene rings is 1. The normalized spacial score (nSPS) is 18.4. The van der Waals surface area contributed by atoms with E-state index in [2.05, 4.69) is 35.2 Å². The Hall–Kier alpha value is -1.39. The first-order valence-electron chi connectivity index (χ1n) is 7.94. The standard InChI is InChI=1S/C17H27N3O/c1-3-20(17(21)14(2)18)16-9-11-19(12-10-16)13-15-7-5-4-6-8-15/h4-8,14,16H,3,9-13,18H2,1-2H3/t14-/m0/s1. The van der Waals surface area contributed by atoms with Crippen LogP contribution >= 0.6 is 0 Å². The van der Waals surface area contributed by atoms with E-state index in [0.717, 1.165) is 39.0 Å². The van der Waals surface area contributed by atoms with E-state index in [-0.39, 0.29) is 5.91 Å². The number of likely N-dealkylation sites (N-methyl/N-ethyl adjacent to an activating group) is 1. The van der Waals surface area contributed by atoms with Gasteiger partial charge in [-0.05, 0) is 32.3 Å². The summed E-state index contributed by atoms with van der Waals surface area (Å²) in [5.74, 6) is 0.0824. The fourth-order valence-electron chi connectivity index (χ4n) is 3.09. The maximum atomic E-state index is 12.1. The van der Waals surface area contributed by atoms with Crippen LogP contribution in [0.5, 0.6) is 0 Å². The lowest BCUT2D eigenvalue weighted by Crippen LogP contribution is -2.51. The summed E-state index contributed by atoms with van der Waals surface area (Å²) >= 11 is 0. The molecule has 116 valence electrons. The number of amides is 1. The first-order valence-corrected chi connectivity index (χ1v) is 7.94. The van der Waals surface area contributed by atoms with Crippen molar-refractivity contribution in [3.63, 3.8) is 0 Å². The summed E-state index contributed by atoms with van der Waals surface area (Å²) in [6, 6.07) is 10.5. The van der Waals surface area contributed by atoms with Gasteiger partial charge in [-0.25, -0.2) is 0 Å². The molecule has 0 bridgehead atoms. The van der Waals surface area contributed by atoms with Gasteiger partial charge in [-0.15, -0.1) is 0 Å². The minimum absolute atomic E-state index is 0.0824. The van der Waals surface area contributed by atoms with E-state index in [1.807, 2.05) is 11.8 Å². The minimum atomic E-state index is -0.396. The molecule has 1 amide bonds. The van der Waals surface area contributed by atoms with Gasteiger partial charge in [0.15, 0.2) is 0 Å². The average Bonchev–Trinajstić information content (AvgIpc) is 2.50. The number of hydrogen-bond donors (Lipinski definition) is 1. The number of likely N-dealkylation sites (tertiary alicyclic amines) is 1.